The van der Waals surface area contributed by atoms with Crippen LogP contribution in [0.1, 0.15) is 18.4 Å². The molecule has 0 aromatic heterocycles. The summed E-state index contributed by atoms with van der Waals surface area (Å²) in [5.74, 6) is 0.163. The van der Waals surface area contributed by atoms with Crippen molar-refractivity contribution in [1.29, 1.82) is 0 Å². The second kappa shape index (κ2) is 4.88. The van der Waals surface area contributed by atoms with Gasteiger partial charge in [0.2, 0.25) is 5.91 Å². The van der Waals surface area contributed by atoms with Gasteiger partial charge in [-0.1, -0.05) is 22.0 Å². The van der Waals surface area contributed by atoms with Crippen LogP contribution >= 0.6 is 31.9 Å². The molecule has 4 heteroatoms. The SMILES string of the molecule is Cc1ccc(N2CCCC(Br)C2=O)c(Br)c1. The number of carbonyl (C=O) groups is 1. The fraction of sp³-hybridized carbons (Fsp3) is 0.417. The molecule has 1 atom stereocenters. The maximum atomic E-state index is 12.0. The number of alkyl halides is 1. The predicted molar refractivity (Wildman–Crippen MR) is 73.2 cm³/mol. The number of halogens is 2. The van der Waals surface area contributed by atoms with Gasteiger partial charge in [-0.15, -0.1) is 0 Å². The Morgan fingerprint density at radius 3 is 2.88 bits per heavy atom. The van der Waals surface area contributed by atoms with Crippen molar-refractivity contribution in [2.24, 2.45) is 0 Å². The van der Waals surface area contributed by atoms with Crippen LogP contribution in [-0.4, -0.2) is 17.3 Å². The second-order valence-electron chi connectivity index (χ2n) is 4.05. The molecule has 0 bridgehead atoms. The summed E-state index contributed by atoms with van der Waals surface area (Å²) < 4.78 is 0.988. The molecule has 1 unspecified atom stereocenters. The molecule has 86 valence electrons. The van der Waals surface area contributed by atoms with E-state index < -0.39 is 0 Å². The van der Waals surface area contributed by atoms with E-state index in [1.807, 2.05) is 30.0 Å². The maximum absolute atomic E-state index is 12.0. The lowest BCUT2D eigenvalue weighted by atomic mass is 10.1. The average molecular weight is 347 g/mol. The molecule has 0 saturated carbocycles. The molecule has 1 aromatic carbocycles. The molecular formula is C12H13Br2NO. The summed E-state index contributed by atoms with van der Waals surface area (Å²) in [5, 5.41) is 0. The third-order valence-electron chi connectivity index (χ3n) is 2.77. The highest BCUT2D eigenvalue weighted by Gasteiger charge is 2.28. The maximum Gasteiger partial charge on any atom is 0.240 e. The molecule has 1 amide bonds. The third-order valence-corrected chi connectivity index (χ3v) is 4.25. The van der Waals surface area contributed by atoms with E-state index in [9.17, 15) is 4.79 Å². The van der Waals surface area contributed by atoms with E-state index in [4.69, 9.17) is 0 Å². The monoisotopic (exact) mass is 345 g/mol. The van der Waals surface area contributed by atoms with Crippen LogP contribution < -0.4 is 4.90 Å². The number of piperidine rings is 1. The molecule has 2 rings (SSSR count). The van der Waals surface area contributed by atoms with Crippen molar-refractivity contribution in [1.82, 2.24) is 0 Å². The van der Waals surface area contributed by atoms with Gasteiger partial charge in [-0.3, -0.25) is 4.79 Å². The minimum absolute atomic E-state index is 0.0329. The summed E-state index contributed by atoms with van der Waals surface area (Å²) >= 11 is 6.94. The molecule has 1 aliphatic rings. The summed E-state index contributed by atoms with van der Waals surface area (Å²) in [4.78, 5) is 13.8. The Morgan fingerprint density at radius 2 is 2.19 bits per heavy atom. The number of carbonyl (C=O) groups excluding carboxylic acids is 1. The van der Waals surface area contributed by atoms with Crippen LogP contribution in [-0.2, 0) is 4.79 Å². The first-order valence-corrected chi connectivity index (χ1v) is 7.02. The molecule has 0 spiro atoms. The number of nitrogens with zero attached hydrogens (tertiary/aromatic N) is 1. The summed E-state index contributed by atoms with van der Waals surface area (Å²) in [7, 11) is 0. The van der Waals surface area contributed by atoms with E-state index >= 15 is 0 Å². The van der Waals surface area contributed by atoms with Gasteiger partial charge in [0.1, 0.15) is 0 Å². The second-order valence-corrected chi connectivity index (χ2v) is 6.01. The number of hydrogen-bond acceptors (Lipinski definition) is 1. The van der Waals surface area contributed by atoms with Crippen molar-refractivity contribution in [3.63, 3.8) is 0 Å². The molecular weight excluding hydrogens is 334 g/mol. The summed E-state index contributed by atoms with van der Waals surface area (Å²) in [6, 6.07) is 6.08. The van der Waals surface area contributed by atoms with Crippen molar-refractivity contribution in [2.75, 3.05) is 11.4 Å². The van der Waals surface area contributed by atoms with Crippen molar-refractivity contribution in [3.05, 3.63) is 28.2 Å². The normalized spacial score (nSPS) is 21.3. The molecule has 2 nitrogen and oxygen atoms in total. The molecule has 1 heterocycles. The minimum atomic E-state index is -0.0329. The van der Waals surface area contributed by atoms with Gasteiger partial charge in [0.25, 0.3) is 0 Å². The number of anilines is 1. The number of benzene rings is 1. The Balaban J connectivity index is 2.32. The van der Waals surface area contributed by atoms with Crippen LogP contribution in [0.4, 0.5) is 5.69 Å². The lowest BCUT2D eigenvalue weighted by Gasteiger charge is -2.30. The summed E-state index contributed by atoms with van der Waals surface area (Å²) in [6.45, 7) is 2.85. The van der Waals surface area contributed by atoms with E-state index in [-0.39, 0.29) is 10.7 Å². The van der Waals surface area contributed by atoms with E-state index in [0.29, 0.717) is 0 Å². The summed E-state index contributed by atoms with van der Waals surface area (Å²) in [5.41, 5.74) is 2.16. The van der Waals surface area contributed by atoms with Crippen LogP contribution in [0.25, 0.3) is 0 Å². The first-order valence-electron chi connectivity index (χ1n) is 5.31. The van der Waals surface area contributed by atoms with Gasteiger partial charge in [0, 0.05) is 11.0 Å². The zero-order chi connectivity index (χ0) is 11.7. The third kappa shape index (κ3) is 2.33. The van der Waals surface area contributed by atoms with Crippen LogP contribution in [0, 0.1) is 6.92 Å². The molecule has 1 aliphatic heterocycles. The van der Waals surface area contributed by atoms with Crippen LogP contribution in [0.5, 0.6) is 0 Å². The molecule has 1 aromatic rings. The Labute approximate surface area is 112 Å². The first-order chi connectivity index (χ1) is 7.59. The number of hydrogen-bond donors (Lipinski definition) is 0. The molecule has 0 N–H and O–H groups in total. The molecule has 0 radical (unpaired) electrons. The van der Waals surface area contributed by atoms with Gasteiger partial charge in [-0.05, 0) is 53.4 Å². The quantitative estimate of drug-likeness (QED) is 0.711. The zero-order valence-electron chi connectivity index (χ0n) is 9.04. The summed E-state index contributed by atoms with van der Waals surface area (Å²) in [6.07, 6.45) is 1.97. The van der Waals surface area contributed by atoms with Gasteiger partial charge in [-0.2, -0.15) is 0 Å². The number of aryl methyl sites for hydroxylation is 1. The van der Waals surface area contributed by atoms with Gasteiger partial charge >= 0.3 is 0 Å². The van der Waals surface area contributed by atoms with Crippen molar-refractivity contribution in [3.8, 4) is 0 Å². The van der Waals surface area contributed by atoms with Gasteiger partial charge in [0.05, 0.1) is 10.5 Å². The van der Waals surface area contributed by atoms with Crippen molar-refractivity contribution in [2.45, 2.75) is 24.6 Å². The number of rotatable bonds is 1. The Bertz CT molecular complexity index is 419. The lowest BCUT2D eigenvalue weighted by molar-refractivity contribution is -0.118. The Kier molecular flexibility index (Phi) is 3.70. The van der Waals surface area contributed by atoms with Crippen molar-refractivity contribution < 1.29 is 4.79 Å². The fourth-order valence-corrected chi connectivity index (χ4v) is 3.18. The van der Waals surface area contributed by atoms with Crippen LogP contribution in [0.2, 0.25) is 0 Å². The van der Waals surface area contributed by atoms with E-state index in [0.717, 1.165) is 29.5 Å². The largest absolute Gasteiger partial charge is 0.310 e. The van der Waals surface area contributed by atoms with Gasteiger partial charge < -0.3 is 4.90 Å². The number of amides is 1. The minimum Gasteiger partial charge on any atom is -0.310 e. The fourth-order valence-electron chi connectivity index (χ4n) is 1.90. The Morgan fingerprint density at radius 1 is 1.44 bits per heavy atom. The zero-order valence-corrected chi connectivity index (χ0v) is 12.2. The predicted octanol–water partition coefficient (Wildman–Crippen LogP) is 3.65. The molecule has 0 aliphatic carbocycles. The standard InChI is InChI=1S/C12H13Br2NO/c1-8-4-5-11(10(14)7-8)15-6-2-3-9(13)12(15)16/h4-5,7,9H,2-3,6H2,1H3. The Hall–Kier alpha value is -0.350. The highest BCUT2D eigenvalue weighted by atomic mass is 79.9. The van der Waals surface area contributed by atoms with Crippen LogP contribution in [0.3, 0.4) is 0 Å². The smallest absolute Gasteiger partial charge is 0.240 e. The molecule has 1 fully saturated rings. The van der Waals surface area contributed by atoms with Crippen LogP contribution in [0.15, 0.2) is 22.7 Å². The van der Waals surface area contributed by atoms with E-state index in [1.54, 1.807) is 0 Å². The first kappa shape index (κ1) is 12.1. The lowest BCUT2D eigenvalue weighted by Crippen LogP contribution is -2.41. The highest BCUT2D eigenvalue weighted by molar-refractivity contribution is 9.10. The average Bonchev–Trinajstić information content (AvgIpc) is 2.23. The van der Waals surface area contributed by atoms with Crippen molar-refractivity contribution >= 4 is 43.5 Å². The van der Waals surface area contributed by atoms with Gasteiger partial charge in [0.15, 0.2) is 0 Å². The van der Waals surface area contributed by atoms with E-state index in [2.05, 4.69) is 31.9 Å². The highest BCUT2D eigenvalue weighted by Crippen LogP contribution is 2.31. The van der Waals surface area contributed by atoms with Gasteiger partial charge in [-0.25, -0.2) is 0 Å². The van der Waals surface area contributed by atoms with E-state index in [1.165, 1.54) is 5.56 Å². The topological polar surface area (TPSA) is 20.3 Å². The molecule has 1 saturated heterocycles. The molecule has 16 heavy (non-hydrogen) atoms.